The van der Waals surface area contributed by atoms with Crippen molar-refractivity contribution in [2.24, 2.45) is 0 Å². The third-order valence-corrected chi connectivity index (χ3v) is 2.14. The number of aliphatic hydroxyl groups excluding tert-OH is 2. The summed E-state index contributed by atoms with van der Waals surface area (Å²) in [6.45, 7) is 0. The number of nitriles is 1. The van der Waals surface area contributed by atoms with E-state index in [9.17, 15) is 15.0 Å². The van der Waals surface area contributed by atoms with E-state index in [0.717, 1.165) is 7.11 Å². The van der Waals surface area contributed by atoms with Crippen LogP contribution in [-0.2, 0) is 9.53 Å². The van der Waals surface area contributed by atoms with Gasteiger partial charge in [0.1, 0.15) is 18.0 Å². The lowest BCUT2D eigenvalue weighted by atomic mass is 10.0. The highest BCUT2D eigenvalue weighted by Gasteiger charge is 2.27. The Kier molecular flexibility index (Phi) is 3.98. The minimum Gasteiger partial charge on any atom is -0.467 e. The lowest BCUT2D eigenvalue weighted by molar-refractivity contribution is -0.156. The molecule has 0 fully saturated rings. The predicted octanol–water partition coefficient (Wildman–Crippen LogP) is -0.897. The van der Waals surface area contributed by atoms with Crippen LogP contribution in [0.5, 0.6) is 0 Å². The summed E-state index contributed by atoms with van der Waals surface area (Å²) in [5.41, 5.74) is 5.55. The fraction of sp³-hybridized carbons (Fsp3) is 0.300. The molecule has 0 saturated heterocycles. The van der Waals surface area contributed by atoms with Crippen molar-refractivity contribution < 1.29 is 19.7 Å². The van der Waals surface area contributed by atoms with Crippen LogP contribution in [0.1, 0.15) is 17.2 Å². The van der Waals surface area contributed by atoms with E-state index in [1.54, 1.807) is 6.07 Å². The third kappa shape index (κ3) is 2.69. The average Bonchev–Trinajstić information content (AvgIpc) is 2.36. The van der Waals surface area contributed by atoms with E-state index < -0.39 is 18.2 Å². The van der Waals surface area contributed by atoms with Crippen LogP contribution >= 0.6 is 0 Å². The standard InChI is InChI=1S/C10H11N3O4/c1-17-10(16)8(15)7(14)6-2-5(3-11)9(12)13-4-6/h2,4,7-8,14-15H,1H3,(H2,12,13). The number of hydrogen-bond acceptors (Lipinski definition) is 7. The molecule has 1 aromatic heterocycles. The van der Waals surface area contributed by atoms with Crippen molar-refractivity contribution in [1.82, 2.24) is 4.98 Å². The zero-order valence-corrected chi connectivity index (χ0v) is 8.99. The Morgan fingerprint density at radius 3 is 2.82 bits per heavy atom. The van der Waals surface area contributed by atoms with Crippen LogP contribution in [0.15, 0.2) is 12.3 Å². The number of carbonyl (C=O) groups is 1. The number of aliphatic hydroxyl groups is 2. The molecule has 0 aromatic carbocycles. The van der Waals surface area contributed by atoms with Crippen LogP contribution < -0.4 is 5.73 Å². The molecule has 4 N–H and O–H groups in total. The molecule has 17 heavy (non-hydrogen) atoms. The lowest BCUT2D eigenvalue weighted by Crippen LogP contribution is -2.29. The molecule has 0 radical (unpaired) electrons. The molecular weight excluding hydrogens is 226 g/mol. The first kappa shape index (κ1) is 12.9. The second-order valence-corrected chi connectivity index (χ2v) is 3.23. The number of carbonyl (C=O) groups excluding carboxylic acids is 1. The van der Waals surface area contributed by atoms with Gasteiger partial charge >= 0.3 is 5.97 Å². The minimum absolute atomic E-state index is 0.0102. The van der Waals surface area contributed by atoms with Gasteiger partial charge < -0.3 is 20.7 Å². The van der Waals surface area contributed by atoms with Crippen LogP contribution in [-0.4, -0.2) is 34.4 Å². The predicted molar refractivity (Wildman–Crippen MR) is 56.3 cm³/mol. The number of aromatic nitrogens is 1. The number of rotatable bonds is 3. The van der Waals surface area contributed by atoms with Gasteiger partial charge in [0.25, 0.3) is 0 Å². The fourth-order valence-corrected chi connectivity index (χ4v) is 1.17. The maximum absolute atomic E-state index is 11.0. The Labute approximate surface area is 97.1 Å². The molecule has 1 aromatic rings. The Bertz CT molecular complexity index is 469. The van der Waals surface area contributed by atoms with Gasteiger partial charge in [-0.1, -0.05) is 0 Å². The summed E-state index contributed by atoms with van der Waals surface area (Å²) in [4.78, 5) is 14.7. The molecule has 0 bridgehead atoms. The van der Waals surface area contributed by atoms with Crippen molar-refractivity contribution in [3.05, 3.63) is 23.4 Å². The molecule has 0 aliphatic carbocycles. The molecule has 7 nitrogen and oxygen atoms in total. The molecule has 1 heterocycles. The molecule has 90 valence electrons. The van der Waals surface area contributed by atoms with Crippen molar-refractivity contribution in [2.75, 3.05) is 12.8 Å². The number of pyridine rings is 1. The maximum Gasteiger partial charge on any atom is 0.337 e. The molecule has 2 atom stereocenters. The molecule has 2 unspecified atom stereocenters. The Balaban J connectivity index is 3.01. The summed E-state index contributed by atoms with van der Waals surface area (Å²) < 4.78 is 4.28. The number of anilines is 1. The van der Waals surface area contributed by atoms with Gasteiger partial charge in [0.2, 0.25) is 0 Å². The second kappa shape index (κ2) is 5.25. The first-order valence-electron chi connectivity index (χ1n) is 4.60. The first-order chi connectivity index (χ1) is 8.01. The zero-order chi connectivity index (χ0) is 13.0. The van der Waals surface area contributed by atoms with Gasteiger partial charge in [-0.15, -0.1) is 0 Å². The summed E-state index contributed by atoms with van der Waals surface area (Å²) in [7, 11) is 1.08. The number of esters is 1. The van der Waals surface area contributed by atoms with Crippen LogP contribution in [0, 0.1) is 11.3 Å². The van der Waals surface area contributed by atoms with Crippen molar-refractivity contribution in [3.63, 3.8) is 0 Å². The first-order valence-corrected chi connectivity index (χ1v) is 4.60. The van der Waals surface area contributed by atoms with E-state index >= 15 is 0 Å². The van der Waals surface area contributed by atoms with E-state index in [0.29, 0.717) is 0 Å². The molecular formula is C10H11N3O4. The lowest BCUT2D eigenvalue weighted by Gasteiger charge is -2.15. The van der Waals surface area contributed by atoms with Crippen molar-refractivity contribution in [1.29, 1.82) is 5.26 Å². The largest absolute Gasteiger partial charge is 0.467 e. The highest BCUT2D eigenvalue weighted by Crippen LogP contribution is 2.20. The number of nitrogens with zero attached hydrogens (tertiary/aromatic N) is 2. The third-order valence-electron chi connectivity index (χ3n) is 2.14. The van der Waals surface area contributed by atoms with Crippen molar-refractivity contribution in [2.45, 2.75) is 12.2 Å². The molecule has 1 rings (SSSR count). The average molecular weight is 237 g/mol. The molecule has 0 aliphatic heterocycles. The Hall–Kier alpha value is -2.17. The van der Waals surface area contributed by atoms with Crippen LogP contribution in [0.4, 0.5) is 5.82 Å². The SMILES string of the molecule is COC(=O)C(O)C(O)c1cnc(N)c(C#N)c1. The van der Waals surface area contributed by atoms with Crippen LogP contribution in [0.25, 0.3) is 0 Å². The number of methoxy groups -OCH3 is 1. The molecule has 7 heteroatoms. The van der Waals surface area contributed by atoms with Crippen molar-refractivity contribution in [3.8, 4) is 6.07 Å². The van der Waals surface area contributed by atoms with E-state index in [1.165, 1.54) is 12.3 Å². The van der Waals surface area contributed by atoms with Gasteiger partial charge in [-0.2, -0.15) is 5.26 Å². The second-order valence-electron chi connectivity index (χ2n) is 3.23. The van der Waals surface area contributed by atoms with E-state index in [-0.39, 0.29) is 16.9 Å². The van der Waals surface area contributed by atoms with Crippen LogP contribution in [0.3, 0.4) is 0 Å². The van der Waals surface area contributed by atoms with E-state index in [4.69, 9.17) is 11.0 Å². The Morgan fingerprint density at radius 1 is 1.65 bits per heavy atom. The minimum atomic E-state index is -1.74. The van der Waals surface area contributed by atoms with E-state index in [1.807, 2.05) is 0 Å². The van der Waals surface area contributed by atoms with E-state index in [2.05, 4.69) is 9.72 Å². The summed E-state index contributed by atoms with van der Waals surface area (Å²) in [5.74, 6) is -0.969. The summed E-state index contributed by atoms with van der Waals surface area (Å²) >= 11 is 0. The topological polar surface area (TPSA) is 129 Å². The smallest absolute Gasteiger partial charge is 0.337 e. The fourth-order valence-electron chi connectivity index (χ4n) is 1.17. The molecule has 0 saturated carbocycles. The number of nitrogen functional groups attached to an aromatic ring is 1. The highest BCUT2D eigenvalue weighted by atomic mass is 16.5. The molecule has 0 aliphatic rings. The highest BCUT2D eigenvalue weighted by molar-refractivity contribution is 5.75. The Morgan fingerprint density at radius 2 is 2.29 bits per heavy atom. The van der Waals surface area contributed by atoms with Gasteiger partial charge in [0.15, 0.2) is 6.10 Å². The number of nitrogens with two attached hydrogens (primary N) is 1. The summed E-state index contributed by atoms with van der Waals surface area (Å²) in [6, 6.07) is 3.03. The normalized spacial score (nSPS) is 13.5. The van der Waals surface area contributed by atoms with Crippen molar-refractivity contribution >= 4 is 11.8 Å². The van der Waals surface area contributed by atoms with Gasteiger partial charge in [-0.05, 0) is 6.07 Å². The summed E-state index contributed by atoms with van der Waals surface area (Å²) in [6.07, 6.45) is -2.09. The quantitative estimate of drug-likeness (QED) is 0.581. The number of ether oxygens (including phenoxy) is 1. The van der Waals surface area contributed by atoms with Crippen LogP contribution in [0.2, 0.25) is 0 Å². The monoisotopic (exact) mass is 237 g/mol. The van der Waals surface area contributed by atoms with Gasteiger partial charge in [0, 0.05) is 11.8 Å². The van der Waals surface area contributed by atoms with Gasteiger partial charge in [0.05, 0.1) is 12.7 Å². The zero-order valence-electron chi connectivity index (χ0n) is 8.99. The van der Waals surface area contributed by atoms with Gasteiger partial charge in [-0.3, -0.25) is 0 Å². The van der Waals surface area contributed by atoms with Gasteiger partial charge in [-0.25, -0.2) is 9.78 Å². The summed E-state index contributed by atoms with van der Waals surface area (Å²) in [5, 5.41) is 27.8. The number of hydrogen-bond donors (Lipinski definition) is 3. The molecule has 0 amide bonds. The molecule has 0 spiro atoms. The maximum atomic E-state index is 11.0.